The minimum Gasteiger partial charge on any atom is -0.381 e. The van der Waals surface area contributed by atoms with Crippen LogP contribution in [0.25, 0.3) is 11.1 Å². The number of rotatable bonds is 4. The van der Waals surface area contributed by atoms with E-state index >= 15 is 0 Å². The number of ether oxygens (including phenoxy) is 1. The first-order valence-corrected chi connectivity index (χ1v) is 9.69. The quantitative estimate of drug-likeness (QED) is 0.768. The second kappa shape index (κ2) is 7.55. The Morgan fingerprint density at radius 1 is 1.19 bits per heavy atom. The van der Waals surface area contributed by atoms with Gasteiger partial charge in [-0.1, -0.05) is 11.6 Å². The van der Waals surface area contributed by atoms with Crippen molar-refractivity contribution >= 4 is 17.3 Å². The van der Waals surface area contributed by atoms with Gasteiger partial charge in [0.15, 0.2) is 0 Å². The molecule has 0 amide bonds. The average Bonchev–Trinajstić information content (AvgIpc) is 3.32. The van der Waals surface area contributed by atoms with E-state index in [0.717, 1.165) is 62.4 Å². The maximum Gasteiger partial charge on any atom is 0.131 e. The van der Waals surface area contributed by atoms with Crippen molar-refractivity contribution in [2.75, 3.05) is 45.3 Å². The lowest BCUT2D eigenvalue weighted by atomic mass is 10.1. The predicted octanol–water partition coefficient (Wildman–Crippen LogP) is 3.09. The summed E-state index contributed by atoms with van der Waals surface area (Å²) in [7, 11) is 4.29. The standard InChI is InChI=1S/C19H26ClN5O/c1-23(2)16-3-6-24(13-16)18-9-19(20)21-11-17(18)14-10-22-25(12-14)15-4-7-26-8-5-15/h9-12,15-16H,3-8,13H2,1-2H3. The molecule has 2 aromatic rings. The molecule has 2 saturated heterocycles. The van der Waals surface area contributed by atoms with Crippen LogP contribution < -0.4 is 4.90 Å². The number of anilines is 1. The van der Waals surface area contributed by atoms with Crippen molar-refractivity contribution in [1.82, 2.24) is 19.7 Å². The molecule has 0 radical (unpaired) electrons. The number of likely N-dealkylation sites (N-methyl/N-ethyl adjacent to an activating group) is 1. The third kappa shape index (κ3) is 3.59. The van der Waals surface area contributed by atoms with Crippen LogP contribution in [0.1, 0.15) is 25.3 Å². The monoisotopic (exact) mass is 375 g/mol. The molecule has 26 heavy (non-hydrogen) atoms. The molecule has 6 nitrogen and oxygen atoms in total. The number of halogens is 1. The van der Waals surface area contributed by atoms with E-state index in [4.69, 9.17) is 16.3 Å². The van der Waals surface area contributed by atoms with Crippen LogP contribution in [0.2, 0.25) is 5.15 Å². The Labute approximate surface area is 159 Å². The zero-order valence-corrected chi connectivity index (χ0v) is 16.2. The fraction of sp³-hybridized carbons (Fsp3) is 0.579. The van der Waals surface area contributed by atoms with E-state index in [1.54, 1.807) is 0 Å². The zero-order valence-electron chi connectivity index (χ0n) is 15.4. The van der Waals surface area contributed by atoms with E-state index in [-0.39, 0.29) is 0 Å². The van der Waals surface area contributed by atoms with Crippen molar-refractivity contribution < 1.29 is 4.74 Å². The van der Waals surface area contributed by atoms with E-state index in [2.05, 4.69) is 44.9 Å². The number of hydrogen-bond acceptors (Lipinski definition) is 5. The van der Waals surface area contributed by atoms with E-state index in [0.29, 0.717) is 17.2 Å². The topological polar surface area (TPSA) is 46.4 Å². The van der Waals surface area contributed by atoms with Crippen LogP contribution in [0.4, 0.5) is 5.69 Å². The summed E-state index contributed by atoms with van der Waals surface area (Å²) in [6.07, 6.45) is 9.17. The van der Waals surface area contributed by atoms with Gasteiger partial charge in [0, 0.05) is 61.6 Å². The van der Waals surface area contributed by atoms with Gasteiger partial charge in [-0.15, -0.1) is 0 Å². The van der Waals surface area contributed by atoms with Gasteiger partial charge in [-0.05, 0) is 39.4 Å². The van der Waals surface area contributed by atoms with E-state index in [1.165, 1.54) is 0 Å². The van der Waals surface area contributed by atoms with Gasteiger partial charge in [0.1, 0.15) is 5.15 Å². The summed E-state index contributed by atoms with van der Waals surface area (Å²) in [4.78, 5) is 9.05. The molecule has 1 unspecified atom stereocenters. The van der Waals surface area contributed by atoms with Crippen LogP contribution in [-0.4, -0.2) is 66.1 Å². The van der Waals surface area contributed by atoms with E-state index in [1.807, 2.05) is 18.5 Å². The van der Waals surface area contributed by atoms with Gasteiger partial charge in [0.05, 0.1) is 12.2 Å². The maximum atomic E-state index is 6.23. The third-order valence-electron chi connectivity index (χ3n) is 5.56. The largest absolute Gasteiger partial charge is 0.381 e. The Kier molecular flexibility index (Phi) is 5.16. The predicted molar refractivity (Wildman–Crippen MR) is 104 cm³/mol. The van der Waals surface area contributed by atoms with Crippen molar-refractivity contribution in [2.24, 2.45) is 0 Å². The summed E-state index contributed by atoms with van der Waals surface area (Å²) < 4.78 is 7.55. The lowest BCUT2D eigenvalue weighted by molar-refractivity contribution is 0.0662. The molecule has 140 valence electrons. The molecule has 0 N–H and O–H groups in total. The summed E-state index contributed by atoms with van der Waals surface area (Å²) in [6, 6.07) is 2.98. The number of pyridine rings is 1. The molecule has 0 saturated carbocycles. The molecular formula is C19H26ClN5O. The first kappa shape index (κ1) is 17.8. The van der Waals surface area contributed by atoms with Crippen LogP contribution >= 0.6 is 11.6 Å². The third-order valence-corrected chi connectivity index (χ3v) is 5.77. The molecule has 0 aromatic carbocycles. The summed E-state index contributed by atoms with van der Waals surface area (Å²) in [5.41, 5.74) is 3.36. The van der Waals surface area contributed by atoms with Gasteiger partial charge in [-0.2, -0.15) is 5.10 Å². The fourth-order valence-corrected chi connectivity index (χ4v) is 4.07. The van der Waals surface area contributed by atoms with Gasteiger partial charge in [-0.25, -0.2) is 4.98 Å². The maximum absolute atomic E-state index is 6.23. The van der Waals surface area contributed by atoms with Crippen LogP contribution in [0, 0.1) is 0 Å². The van der Waals surface area contributed by atoms with Crippen LogP contribution in [-0.2, 0) is 4.74 Å². The molecule has 0 aliphatic carbocycles. The first-order valence-electron chi connectivity index (χ1n) is 9.31. The van der Waals surface area contributed by atoms with Crippen molar-refractivity contribution in [3.8, 4) is 11.1 Å². The highest BCUT2D eigenvalue weighted by molar-refractivity contribution is 6.29. The molecule has 1 atom stereocenters. The SMILES string of the molecule is CN(C)C1CCN(c2cc(Cl)ncc2-c2cnn(C3CCOCC3)c2)C1. The average molecular weight is 376 g/mol. The van der Waals surface area contributed by atoms with Crippen molar-refractivity contribution in [1.29, 1.82) is 0 Å². The Bertz CT molecular complexity index is 756. The van der Waals surface area contributed by atoms with Crippen LogP contribution in [0.5, 0.6) is 0 Å². The van der Waals surface area contributed by atoms with Gasteiger partial charge in [0.2, 0.25) is 0 Å². The molecule has 2 fully saturated rings. The lowest BCUT2D eigenvalue weighted by Gasteiger charge is -2.24. The highest BCUT2D eigenvalue weighted by Crippen LogP contribution is 2.35. The summed E-state index contributed by atoms with van der Waals surface area (Å²) in [5.74, 6) is 0. The van der Waals surface area contributed by atoms with E-state index in [9.17, 15) is 0 Å². The molecule has 7 heteroatoms. The van der Waals surface area contributed by atoms with Gasteiger partial charge in [-0.3, -0.25) is 4.68 Å². The Morgan fingerprint density at radius 2 is 2.00 bits per heavy atom. The minimum atomic E-state index is 0.422. The minimum absolute atomic E-state index is 0.422. The molecule has 4 rings (SSSR count). The highest BCUT2D eigenvalue weighted by Gasteiger charge is 2.27. The summed E-state index contributed by atoms with van der Waals surface area (Å²) in [5, 5.41) is 5.16. The molecular weight excluding hydrogens is 350 g/mol. The second-order valence-corrected chi connectivity index (χ2v) is 7.82. The van der Waals surface area contributed by atoms with Gasteiger partial charge >= 0.3 is 0 Å². The van der Waals surface area contributed by atoms with Crippen molar-refractivity contribution in [3.63, 3.8) is 0 Å². The highest BCUT2D eigenvalue weighted by atomic mass is 35.5. The smallest absolute Gasteiger partial charge is 0.131 e. The Balaban J connectivity index is 1.62. The first-order chi connectivity index (χ1) is 12.6. The number of nitrogens with zero attached hydrogens (tertiary/aromatic N) is 5. The molecule has 0 bridgehead atoms. The summed E-state index contributed by atoms with van der Waals surface area (Å²) >= 11 is 6.23. The van der Waals surface area contributed by atoms with E-state index < -0.39 is 0 Å². The lowest BCUT2D eigenvalue weighted by Crippen LogP contribution is -2.31. The Hall–Kier alpha value is -1.63. The van der Waals surface area contributed by atoms with Gasteiger partial charge in [0.25, 0.3) is 0 Å². The normalized spacial score (nSPS) is 21.7. The Morgan fingerprint density at radius 3 is 2.73 bits per heavy atom. The molecule has 2 aliphatic heterocycles. The molecule has 2 aliphatic rings. The summed E-state index contributed by atoms with van der Waals surface area (Å²) in [6.45, 7) is 3.67. The molecule has 0 spiro atoms. The van der Waals surface area contributed by atoms with Gasteiger partial charge < -0.3 is 14.5 Å². The van der Waals surface area contributed by atoms with Crippen molar-refractivity contribution in [2.45, 2.75) is 31.3 Å². The second-order valence-electron chi connectivity index (χ2n) is 7.43. The number of aromatic nitrogens is 3. The van der Waals surface area contributed by atoms with Crippen LogP contribution in [0.3, 0.4) is 0 Å². The number of hydrogen-bond donors (Lipinski definition) is 0. The molecule has 2 aromatic heterocycles. The van der Waals surface area contributed by atoms with Crippen LogP contribution in [0.15, 0.2) is 24.7 Å². The molecule has 4 heterocycles. The van der Waals surface area contributed by atoms with Crippen molar-refractivity contribution in [3.05, 3.63) is 29.8 Å². The zero-order chi connectivity index (χ0) is 18.1. The fourth-order valence-electron chi connectivity index (χ4n) is 3.91.